The fourth-order valence-corrected chi connectivity index (χ4v) is 7.04. The third-order valence-corrected chi connectivity index (χ3v) is 9.17. The average Bonchev–Trinajstić information content (AvgIpc) is 3.80. The number of nitrogen functional groups attached to an aromatic ring is 2. The summed E-state index contributed by atoms with van der Waals surface area (Å²) in [5.41, 5.74) is 11.3. The number of nitrogens with one attached hydrogen (secondary N) is 2. The maximum absolute atomic E-state index is 16.0. The fraction of sp³-hybridized carbons (Fsp3) is 0.545. The summed E-state index contributed by atoms with van der Waals surface area (Å²) in [5, 5.41) is 2.32. The van der Waals surface area contributed by atoms with Crippen molar-refractivity contribution in [2.45, 2.75) is 49.1 Å². The Bertz CT molecular complexity index is 1870. The highest BCUT2D eigenvalue weighted by Crippen LogP contribution is 2.45. The number of nitrogens with two attached hydrogens (primary N) is 2. The van der Waals surface area contributed by atoms with Crippen molar-refractivity contribution in [2.24, 2.45) is 0 Å². The van der Waals surface area contributed by atoms with Gasteiger partial charge in [0.1, 0.15) is 36.3 Å². The molecule has 9 unspecified atom stereocenters. The van der Waals surface area contributed by atoms with Crippen molar-refractivity contribution in [3.05, 3.63) is 29.3 Å². The molecule has 4 aromatic rings. The minimum Gasteiger partial charge on any atom is -0.382 e. The van der Waals surface area contributed by atoms with Crippen LogP contribution in [0.4, 0.5) is 16.2 Å². The number of alkyl halides is 1. The zero-order chi connectivity index (χ0) is 33.5. The summed E-state index contributed by atoms with van der Waals surface area (Å²) >= 11 is 4.00. The Balaban J connectivity index is 1.20. The Morgan fingerprint density at radius 3 is 2.55 bits per heavy atom. The van der Waals surface area contributed by atoms with Gasteiger partial charge in [-0.05, 0) is 0 Å². The molecule has 0 aliphatic carbocycles. The van der Waals surface area contributed by atoms with Crippen LogP contribution in [0.15, 0.2) is 23.8 Å². The Morgan fingerprint density at radius 2 is 1.83 bits per heavy atom. The first kappa shape index (κ1) is 33.7. The molecule has 25 heteroatoms. The van der Waals surface area contributed by atoms with Crippen molar-refractivity contribution in [3.63, 3.8) is 0 Å². The Morgan fingerprint density at radius 1 is 1.11 bits per heavy atom. The number of methoxy groups -OCH3 is 1. The lowest BCUT2D eigenvalue weighted by Crippen LogP contribution is -2.43. The van der Waals surface area contributed by atoms with E-state index in [2.05, 4.69) is 47.6 Å². The molecule has 9 atom stereocenters. The lowest BCUT2D eigenvalue weighted by atomic mass is 10.1. The van der Waals surface area contributed by atoms with Crippen molar-refractivity contribution < 1.29 is 46.4 Å². The molecule has 0 spiro atoms. The molecular weight excluding hydrogens is 691 g/mol. The van der Waals surface area contributed by atoms with Crippen molar-refractivity contribution in [1.29, 1.82) is 0 Å². The molecule has 0 radical (unpaired) electrons. The average molecular weight is 720 g/mol. The van der Waals surface area contributed by atoms with E-state index < -0.39 is 77.7 Å². The maximum Gasteiger partial charge on any atom is 0.403 e. The zero-order valence-electron chi connectivity index (χ0n) is 24.1. The van der Waals surface area contributed by atoms with Crippen LogP contribution in [0.2, 0.25) is 0 Å². The number of aromatic nitrogens is 8. The van der Waals surface area contributed by atoms with Gasteiger partial charge in [-0.2, -0.15) is 17.6 Å². The number of hydrogen-bond acceptors (Lipinski definition) is 17. The van der Waals surface area contributed by atoms with E-state index in [1.165, 1.54) is 35.2 Å². The molecule has 2 aliphatic heterocycles. The second-order valence-corrected chi connectivity index (χ2v) is 12.4. The normalized spacial score (nSPS) is 29.3. The van der Waals surface area contributed by atoms with Crippen LogP contribution in [0.1, 0.15) is 12.5 Å². The molecule has 2 fully saturated rings. The minimum absolute atomic E-state index is 0.0254. The van der Waals surface area contributed by atoms with Gasteiger partial charge in [-0.1, -0.05) is 0 Å². The molecule has 47 heavy (non-hydrogen) atoms. The molecule has 2 saturated heterocycles. The highest BCUT2D eigenvalue weighted by Gasteiger charge is 2.51. The van der Waals surface area contributed by atoms with Crippen LogP contribution >= 0.6 is 29.1 Å². The number of ether oxygens (including phenoxy) is 4. The molecular formula is C22H28FN11O10P2S. The van der Waals surface area contributed by atoms with E-state index in [4.69, 9.17) is 39.5 Å². The number of rotatable bonds is 13. The van der Waals surface area contributed by atoms with E-state index in [1.807, 2.05) is 0 Å². The van der Waals surface area contributed by atoms with Crippen LogP contribution in [-0.4, -0.2) is 107 Å². The highest BCUT2D eigenvalue weighted by molar-refractivity contribution is 7.80. The van der Waals surface area contributed by atoms with E-state index in [9.17, 15) is 18.8 Å². The summed E-state index contributed by atoms with van der Waals surface area (Å²) in [4.78, 5) is 45.7. The highest BCUT2D eigenvalue weighted by atomic mass is 32.1. The van der Waals surface area contributed by atoms with Gasteiger partial charge in [0.25, 0.3) is 5.56 Å². The molecule has 0 bridgehead atoms. The summed E-state index contributed by atoms with van der Waals surface area (Å²) in [6.07, 6.45) is -5.08. The van der Waals surface area contributed by atoms with Gasteiger partial charge in [-0.3, -0.25) is 28.0 Å². The third kappa shape index (κ3) is 6.48. The minimum atomic E-state index is -4.81. The predicted octanol–water partition coefficient (Wildman–Crippen LogP) is -0.157. The lowest BCUT2D eigenvalue weighted by molar-refractivity contribution is -0.0505. The van der Waals surface area contributed by atoms with Gasteiger partial charge in [0, 0.05) is 7.11 Å². The molecule has 21 nitrogen and oxygen atoms in total. The van der Waals surface area contributed by atoms with E-state index in [0.717, 1.165) is 0 Å². The van der Waals surface area contributed by atoms with Gasteiger partial charge in [0.2, 0.25) is 5.95 Å². The quantitative estimate of drug-likeness (QED) is 0.0595. The van der Waals surface area contributed by atoms with Gasteiger partial charge in [-0.15, -0.1) is 0 Å². The van der Waals surface area contributed by atoms with Crippen molar-refractivity contribution in [1.82, 2.24) is 44.1 Å². The largest absolute Gasteiger partial charge is 0.403 e. The van der Waals surface area contributed by atoms with Crippen LogP contribution in [-0.2, 0) is 37.1 Å². The van der Waals surface area contributed by atoms with Crippen LogP contribution in [0.5, 0.6) is 0 Å². The summed E-state index contributed by atoms with van der Waals surface area (Å²) in [6, 6.07) is -1.43. The molecule has 7 N–H and O–H groups in total. The molecule has 6 heterocycles. The Kier molecular flexibility index (Phi) is 9.84. The zero-order valence-corrected chi connectivity index (χ0v) is 26.8. The van der Waals surface area contributed by atoms with Crippen molar-refractivity contribution in [3.8, 4) is 0 Å². The lowest BCUT2D eigenvalue weighted by Gasteiger charge is -2.25. The monoisotopic (exact) mass is 719 g/mol. The fourth-order valence-electron chi connectivity index (χ4n) is 5.51. The molecule has 2 aliphatic rings. The predicted molar refractivity (Wildman–Crippen MR) is 161 cm³/mol. The van der Waals surface area contributed by atoms with Gasteiger partial charge in [-0.25, -0.2) is 38.5 Å². The molecule has 6 rings (SSSR count). The van der Waals surface area contributed by atoms with Crippen LogP contribution in [0.3, 0.4) is 0 Å². The van der Waals surface area contributed by atoms with Crippen molar-refractivity contribution in [2.75, 3.05) is 37.7 Å². The van der Waals surface area contributed by atoms with Gasteiger partial charge in [0.05, 0.1) is 37.8 Å². The number of imidazole rings is 2. The second kappa shape index (κ2) is 13.7. The molecule has 0 aromatic carbocycles. The first-order chi connectivity index (χ1) is 22.6. The summed E-state index contributed by atoms with van der Waals surface area (Å²) in [5.74, 6) is -0.159. The number of H-pyrrole nitrogens is 1. The van der Waals surface area contributed by atoms with Crippen LogP contribution in [0, 0.1) is 0 Å². The second-order valence-electron chi connectivity index (χ2n) is 10.2. The smallest absolute Gasteiger partial charge is 0.382 e. The summed E-state index contributed by atoms with van der Waals surface area (Å²) in [7, 11) is -4.25. The Labute approximate surface area is 269 Å². The third-order valence-electron chi connectivity index (χ3n) is 7.54. The van der Waals surface area contributed by atoms with Crippen molar-refractivity contribution >= 4 is 63.2 Å². The first-order valence-electron chi connectivity index (χ1n) is 13.6. The number of aromatic amines is 1. The summed E-state index contributed by atoms with van der Waals surface area (Å²) in [6.45, 7) is -0.795. The number of halogens is 1. The molecule has 254 valence electrons. The summed E-state index contributed by atoms with van der Waals surface area (Å²) < 4.78 is 76.9. The van der Waals surface area contributed by atoms with E-state index in [0.29, 0.717) is 0 Å². The number of fused-ring (bicyclic) bond motifs is 2. The van der Waals surface area contributed by atoms with Gasteiger partial charge < -0.3 is 35.3 Å². The number of nitrogens with zero attached hydrogens (tertiary/aromatic N) is 7. The molecule has 0 amide bonds. The van der Waals surface area contributed by atoms with E-state index in [-0.39, 0.29) is 46.6 Å². The maximum atomic E-state index is 16.0. The molecule has 4 aromatic heterocycles. The number of hydrogen-bond donors (Lipinski definition) is 6. The molecule has 0 saturated carbocycles. The van der Waals surface area contributed by atoms with Crippen LogP contribution < -0.4 is 22.1 Å². The van der Waals surface area contributed by atoms with E-state index >= 15 is 4.39 Å². The topological polar surface area (TPSA) is 281 Å². The Hall–Kier alpha value is -3.21. The van der Waals surface area contributed by atoms with Crippen LogP contribution in [0.25, 0.3) is 22.3 Å². The van der Waals surface area contributed by atoms with Gasteiger partial charge in [0.15, 0.2) is 41.3 Å². The first-order valence-corrected chi connectivity index (χ1v) is 16.6. The van der Waals surface area contributed by atoms with E-state index in [1.54, 1.807) is 0 Å². The van der Waals surface area contributed by atoms with Gasteiger partial charge >= 0.3 is 16.4 Å². The SMILES string of the molecule is COC1C(COP(=O)(O)NC2C(COCS)OC(n3cnc4c(N)ncnc43)C2F)OC(n2cnc3c(=O)[nH]c(N)nc32)C1OP=O. The number of thiol groups is 1. The standard InChI is InChI=1S/C22H28FN11O10P2S/c1-39-14-9(43-21(15(14)44-45-36)34-6-29-13-18(34)30-22(25)31-19(13)35)3-41-46(37,38)32-11-8(2-40-7-47)42-20(10(11)23)33-5-28-12-16(24)26-4-27-17(12)33/h4-6,8-11,14-15,20-21,47H,2-3,7H2,1H3,(H2,24,26,27)(H2,32,37,38)(H3,25,30,31,35). The number of anilines is 2.